The van der Waals surface area contributed by atoms with Gasteiger partial charge in [0.05, 0.1) is 12.6 Å². The van der Waals surface area contributed by atoms with Gasteiger partial charge in [0.2, 0.25) is 5.96 Å². The quantitative estimate of drug-likeness (QED) is 0.581. The number of nitrogens with one attached hydrogen (secondary N) is 2. The van der Waals surface area contributed by atoms with Gasteiger partial charge in [0, 0.05) is 22.9 Å². The van der Waals surface area contributed by atoms with E-state index < -0.39 is 0 Å². The molecule has 6 heteroatoms. The maximum absolute atomic E-state index is 12.8. The maximum Gasteiger partial charge on any atom is 0.257 e. The van der Waals surface area contributed by atoms with Gasteiger partial charge in [-0.15, -0.1) is 0 Å². The summed E-state index contributed by atoms with van der Waals surface area (Å²) in [6.45, 7) is 7.20. The molecule has 1 aliphatic heterocycles. The first-order valence-electron chi connectivity index (χ1n) is 9.51. The largest absolute Gasteiger partial charge is 0.376 e. The fraction of sp³-hybridized carbons (Fsp3) is 0.364. The third kappa shape index (κ3) is 5.12. The van der Waals surface area contributed by atoms with E-state index in [0.29, 0.717) is 23.1 Å². The number of amides is 1. The van der Waals surface area contributed by atoms with Crippen molar-refractivity contribution in [3.05, 3.63) is 63.7 Å². The molecule has 0 aliphatic carbocycles. The Hall–Kier alpha value is -2.37. The highest BCUT2D eigenvalue weighted by Crippen LogP contribution is 2.23. The van der Waals surface area contributed by atoms with Gasteiger partial charge in [-0.2, -0.15) is 0 Å². The van der Waals surface area contributed by atoms with Crippen LogP contribution in [0.2, 0.25) is 5.02 Å². The van der Waals surface area contributed by atoms with Crippen LogP contribution in [-0.2, 0) is 4.74 Å². The molecule has 0 saturated carbocycles. The predicted molar refractivity (Wildman–Crippen MR) is 114 cm³/mol. The summed E-state index contributed by atoms with van der Waals surface area (Å²) in [7, 11) is 0. The van der Waals surface area contributed by atoms with E-state index in [0.717, 1.165) is 41.8 Å². The lowest BCUT2D eigenvalue weighted by Gasteiger charge is -2.15. The van der Waals surface area contributed by atoms with Crippen LogP contribution in [0.4, 0.5) is 5.69 Å². The molecule has 0 aromatic heterocycles. The minimum atomic E-state index is -0.207. The number of ether oxygens (including phenoxy) is 1. The zero-order valence-electron chi connectivity index (χ0n) is 16.5. The monoisotopic (exact) mass is 399 g/mol. The zero-order chi connectivity index (χ0) is 20.1. The van der Waals surface area contributed by atoms with E-state index in [1.165, 1.54) is 0 Å². The minimum Gasteiger partial charge on any atom is -0.376 e. The van der Waals surface area contributed by atoms with Crippen molar-refractivity contribution < 1.29 is 9.53 Å². The number of hydrogen-bond acceptors (Lipinski definition) is 3. The topological polar surface area (TPSA) is 62.7 Å². The molecule has 0 spiro atoms. The number of halogens is 1. The lowest BCUT2D eigenvalue weighted by molar-refractivity contribution is 0.0975. The lowest BCUT2D eigenvalue weighted by Crippen LogP contribution is -2.37. The van der Waals surface area contributed by atoms with E-state index in [4.69, 9.17) is 16.3 Å². The molecular formula is C22H26ClN3O2. The fourth-order valence-electron chi connectivity index (χ4n) is 3.02. The summed E-state index contributed by atoms with van der Waals surface area (Å²) in [4.78, 5) is 17.4. The Morgan fingerprint density at radius 3 is 2.75 bits per heavy atom. The first kappa shape index (κ1) is 20.4. The second kappa shape index (κ2) is 9.22. The molecule has 5 nitrogen and oxygen atoms in total. The zero-order valence-corrected chi connectivity index (χ0v) is 17.3. The third-order valence-electron chi connectivity index (χ3n) is 5.00. The van der Waals surface area contributed by atoms with Crippen LogP contribution < -0.4 is 10.6 Å². The number of carbonyl (C=O) groups excluding carboxylic acids is 1. The van der Waals surface area contributed by atoms with Crippen molar-refractivity contribution in [1.82, 2.24) is 5.32 Å². The Bertz CT molecular complexity index is 889. The van der Waals surface area contributed by atoms with Crippen LogP contribution in [-0.4, -0.2) is 31.1 Å². The van der Waals surface area contributed by atoms with E-state index in [1.54, 1.807) is 0 Å². The number of aryl methyl sites for hydroxylation is 2. The fourth-order valence-corrected chi connectivity index (χ4v) is 3.20. The summed E-state index contributed by atoms with van der Waals surface area (Å²) in [5.74, 6) is 0.186. The summed E-state index contributed by atoms with van der Waals surface area (Å²) in [6, 6.07) is 11.2. The molecule has 148 valence electrons. The number of carbonyl (C=O) groups is 1. The number of nitrogens with zero attached hydrogens (tertiary/aromatic N) is 1. The maximum atomic E-state index is 12.8. The van der Waals surface area contributed by atoms with E-state index in [1.807, 2.05) is 57.2 Å². The van der Waals surface area contributed by atoms with Gasteiger partial charge in [0.15, 0.2) is 0 Å². The molecule has 1 saturated heterocycles. The molecule has 2 aromatic carbocycles. The molecule has 3 rings (SSSR count). The van der Waals surface area contributed by atoms with Crippen LogP contribution >= 0.6 is 11.6 Å². The summed E-state index contributed by atoms with van der Waals surface area (Å²) in [6.07, 6.45) is 2.12. The second-order valence-electron chi connectivity index (χ2n) is 7.11. The molecular weight excluding hydrogens is 374 g/mol. The third-order valence-corrected chi connectivity index (χ3v) is 5.41. The summed E-state index contributed by atoms with van der Waals surface area (Å²) in [5.41, 5.74) is 4.52. The highest BCUT2D eigenvalue weighted by atomic mass is 35.5. The predicted octanol–water partition coefficient (Wildman–Crippen LogP) is 4.64. The molecule has 1 aliphatic rings. The SMILES string of the molecule is Cc1ccc(C(=O)NC(=NC[C@@H]2CCCO2)Nc2cccc(Cl)c2C)cc1C. The number of hydrogen-bond donors (Lipinski definition) is 2. The highest BCUT2D eigenvalue weighted by molar-refractivity contribution is 6.31. The van der Waals surface area contributed by atoms with Crippen LogP contribution in [0.25, 0.3) is 0 Å². The molecule has 0 unspecified atom stereocenters. The van der Waals surface area contributed by atoms with E-state index >= 15 is 0 Å². The standard InChI is InChI=1S/C22H26ClN3O2/c1-14-9-10-17(12-15(14)2)21(27)26-22(24-13-18-6-5-11-28-18)25-20-8-4-7-19(23)16(20)3/h4,7-10,12,18H,5-6,11,13H2,1-3H3,(H2,24,25,26,27)/t18-/m0/s1. The van der Waals surface area contributed by atoms with Gasteiger partial charge in [0.1, 0.15) is 0 Å². The van der Waals surface area contributed by atoms with Crippen molar-refractivity contribution in [2.45, 2.75) is 39.7 Å². The average molecular weight is 400 g/mol. The van der Waals surface area contributed by atoms with Gasteiger partial charge in [-0.1, -0.05) is 23.7 Å². The first-order chi connectivity index (χ1) is 13.4. The van der Waals surface area contributed by atoms with Crippen LogP contribution in [0.5, 0.6) is 0 Å². The van der Waals surface area contributed by atoms with E-state index in [-0.39, 0.29) is 12.0 Å². The van der Waals surface area contributed by atoms with E-state index in [2.05, 4.69) is 15.6 Å². The van der Waals surface area contributed by atoms with Crippen molar-refractivity contribution in [3.63, 3.8) is 0 Å². The number of benzene rings is 2. The van der Waals surface area contributed by atoms with Crippen LogP contribution in [0.3, 0.4) is 0 Å². The summed E-state index contributed by atoms with van der Waals surface area (Å²) >= 11 is 6.22. The van der Waals surface area contributed by atoms with E-state index in [9.17, 15) is 4.79 Å². The van der Waals surface area contributed by atoms with Crippen LogP contribution in [0, 0.1) is 20.8 Å². The summed E-state index contributed by atoms with van der Waals surface area (Å²) in [5, 5.41) is 6.77. The molecule has 0 radical (unpaired) electrons. The smallest absolute Gasteiger partial charge is 0.257 e. The van der Waals surface area contributed by atoms with Crippen molar-refractivity contribution in [2.75, 3.05) is 18.5 Å². The number of aliphatic imine (C=N–C) groups is 1. The van der Waals surface area contributed by atoms with Gasteiger partial charge in [-0.05, 0) is 74.6 Å². The van der Waals surface area contributed by atoms with Crippen LogP contribution in [0.1, 0.15) is 39.9 Å². The Labute approximate surface area is 171 Å². The van der Waals surface area contributed by atoms with Crippen LogP contribution in [0.15, 0.2) is 41.4 Å². The normalized spacial score (nSPS) is 16.9. The molecule has 28 heavy (non-hydrogen) atoms. The molecule has 1 heterocycles. The summed E-state index contributed by atoms with van der Waals surface area (Å²) < 4.78 is 5.65. The number of rotatable bonds is 4. The minimum absolute atomic E-state index is 0.0933. The second-order valence-corrected chi connectivity index (χ2v) is 7.52. The lowest BCUT2D eigenvalue weighted by atomic mass is 10.1. The Morgan fingerprint density at radius 2 is 2.04 bits per heavy atom. The molecule has 0 bridgehead atoms. The molecule has 1 atom stereocenters. The molecule has 2 N–H and O–H groups in total. The van der Waals surface area contributed by atoms with Gasteiger partial charge in [-0.3, -0.25) is 10.1 Å². The van der Waals surface area contributed by atoms with Crippen molar-refractivity contribution >= 4 is 29.2 Å². The molecule has 1 fully saturated rings. The number of guanidine groups is 1. The van der Waals surface area contributed by atoms with Gasteiger partial charge in [0.25, 0.3) is 5.91 Å². The Kier molecular flexibility index (Phi) is 6.70. The highest BCUT2D eigenvalue weighted by Gasteiger charge is 2.17. The Balaban J connectivity index is 1.80. The van der Waals surface area contributed by atoms with Gasteiger partial charge < -0.3 is 10.1 Å². The Morgan fingerprint density at radius 1 is 1.21 bits per heavy atom. The molecule has 2 aromatic rings. The average Bonchev–Trinajstić information content (AvgIpc) is 3.19. The van der Waals surface area contributed by atoms with Gasteiger partial charge in [-0.25, -0.2) is 4.99 Å². The van der Waals surface area contributed by atoms with Crippen molar-refractivity contribution in [3.8, 4) is 0 Å². The molecule has 1 amide bonds. The van der Waals surface area contributed by atoms with Gasteiger partial charge >= 0.3 is 0 Å². The number of anilines is 1. The van der Waals surface area contributed by atoms with Crippen molar-refractivity contribution in [1.29, 1.82) is 0 Å². The first-order valence-corrected chi connectivity index (χ1v) is 9.88. The van der Waals surface area contributed by atoms with Crippen molar-refractivity contribution in [2.24, 2.45) is 4.99 Å².